The van der Waals surface area contributed by atoms with Crippen LogP contribution in [0, 0.1) is 0 Å². The molecule has 4 aromatic rings. The van der Waals surface area contributed by atoms with Gasteiger partial charge in [0, 0.05) is 33.6 Å². The minimum atomic E-state index is 0.120. The van der Waals surface area contributed by atoms with Gasteiger partial charge in [-0.2, -0.15) is 0 Å². The summed E-state index contributed by atoms with van der Waals surface area (Å²) >= 11 is 3.13. The smallest absolute Gasteiger partial charge is 0.153 e. The van der Waals surface area contributed by atoms with E-state index >= 15 is 0 Å². The molecule has 1 aromatic heterocycles. The zero-order valence-corrected chi connectivity index (χ0v) is 23.2. The van der Waals surface area contributed by atoms with E-state index in [0.29, 0.717) is 0 Å². The molecule has 0 spiro atoms. The molecule has 0 atom stereocenters. The van der Waals surface area contributed by atoms with Gasteiger partial charge in [0.05, 0.1) is 24.7 Å². The lowest BCUT2D eigenvalue weighted by Gasteiger charge is -2.13. The van der Waals surface area contributed by atoms with Crippen molar-refractivity contribution in [3.05, 3.63) is 66.7 Å². The number of nitrogens with zero attached hydrogens (tertiary/aromatic N) is 1. The zero-order valence-electron chi connectivity index (χ0n) is 21.6. The average molecular weight is 536 g/mol. The van der Waals surface area contributed by atoms with Gasteiger partial charge in [0.2, 0.25) is 0 Å². The Balaban J connectivity index is 1.34. The summed E-state index contributed by atoms with van der Waals surface area (Å²) < 4.78 is 24.8. The predicted molar refractivity (Wildman–Crippen MR) is 154 cm³/mol. The SMILES string of the molecule is COc1ccc(-c2sc3cc(OC(C)C)ccc3c2Oc2ccc(SOCCN3CCCC3)cc2)cc1. The Morgan fingerprint density at radius 1 is 0.892 bits per heavy atom. The van der Waals surface area contributed by atoms with Crippen molar-refractivity contribution in [1.82, 2.24) is 4.90 Å². The van der Waals surface area contributed by atoms with E-state index in [9.17, 15) is 0 Å². The third-order valence-corrected chi connectivity index (χ3v) is 8.16. The molecule has 194 valence electrons. The van der Waals surface area contributed by atoms with Crippen LogP contribution in [0.4, 0.5) is 0 Å². The topological polar surface area (TPSA) is 40.2 Å². The van der Waals surface area contributed by atoms with E-state index in [0.717, 1.165) is 61.6 Å². The van der Waals surface area contributed by atoms with Gasteiger partial charge >= 0.3 is 0 Å². The molecular formula is C30H33NO4S2. The standard InChI is InChI=1S/C30H33NO4S2/c1-21(2)34-25-12-15-27-28(20-25)36-30(22-6-8-23(32-3)9-7-22)29(27)35-24-10-13-26(14-11-24)37-33-19-18-31-16-4-5-17-31/h6-15,20-21H,4-5,16-19H2,1-3H3. The summed E-state index contributed by atoms with van der Waals surface area (Å²) in [4.78, 5) is 4.60. The van der Waals surface area contributed by atoms with E-state index in [1.165, 1.54) is 38.0 Å². The number of hydrogen-bond acceptors (Lipinski definition) is 7. The fourth-order valence-corrected chi connectivity index (χ4v) is 6.10. The maximum Gasteiger partial charge on any atom is 0.153 e. The molecule has 0 N–H and O–H groups in total. The quantitative estimate of drug-likeness (QED) is 0.142. The Hall–Kier alpha value is -2.71. The normalized spacial score (nSPS) is 13.9. The molecule has 5 rings (SSSR count). The molecule has 0 amide bonds. The van der Waals surface area contributed by atoms with Crippen molar-refractivity contribution in [2.75, 3.05) is 33.4 Å². The van der Waals surface area contributed by atoms with Crippen molar-refractivity contribution in [2.45, 2.75) is 37.7 Å². The first kappa shape index (κ1) is 25.9. The average Bonchev–Trinajstić information content (AvgIpc) is 3.55. The Kier molecular flexibility index (Phi) is 8.56. The molecule has 0 bridgehead atoms. The van der Waals surface area contributed by atoms with Crippen LogP contribution in [0.25, 0.3) is 20.5 Å². The maximum atomic E-state index is 6.52. The number of thiophene rings is 1. The summed E-state index contributed by atoms with van der Waals surface area (Å²) in [5.41, 5.74) is 1.09. The van der Waals surface area contributed by atoms with E-state index < -0.39 is 0 Å². The maximum absolute atomic E-state index is 6.52. The lowest BCUT2D eigenvalue weighted by molar-refractivity contribution is 0.243. The molecule has 1 aliphatic heterocycles. The van der Waals surface area contributed by atoms with Crippen LogP contribution in [-0.2, 0) is 4.18 Å². The van der Waals surface area contributed by atoms with Crippen molar-refractivity contribution >= 4 is 33.5 Å². The van der Waals surface area contributed by atoms with Crippen molar-refractivity contribution in [3.63, 3.8) is 0 Å². The highest BCUT2D eigenvalue weighted by Gasteiger charge is 2.18. The van der Waals surface area contributed by atoms with Crippen LogP contribution in [0.1, 0.15) is 26.7 Å². The van der Waals surface area contributed by atoms with Crippen molar-refractivity contribution < 1.29 is 18.4 Å². The molecule has 2 heterocycles. The van der Waals surface area contributed by atoms with Gasteiger partial charge < -0.3 is 23.3 Å². The van der Waals surface area contributed by atoms with Crippen molar-refractivity contribution in [2.24, 2.45) is 0 Å². The van der Waals surface area contributed by atoms with Gasteiger partial charge in [-0.25, -0.2) is 0 Å². The molecule has 37 heavy (non-hydrogen) atoms. The number of hydrogen-bond donors (Lipinski definition) is 0. The largest absolute Gasteiger partial charge is 0.497 e. The number of ether oxygens (including phenoxy) is 3. The summed E-state index contributed by atoms with van der Waals surface area (Å²) in [5, 5.41) is 1.07. The highest BCUT2D eigenvalue weighted by atomic mass is 32.2. The molecule has 1 aliphatic rings. The number of rotatable bonds is 11. The van der Waals surface area contributed by atoms with Crippen LogP contribution >= 0.6 is 23.4 Å². The first-order valence-corrected chi connectivity index (χ1v) is 14.3. The molecule has 5 nitrogen and oxygen atoms in total. The first-order chi connectivity index (χ1) is 18.1. The summed E-state index contributed by atoms with van der Waals surface area (Å²) in [6.45, 7) is 8.20. The highest BCUT2D eigenvalue weighted by Crippen LogP contribution is 2.47. The van der Waals surface area contributed by atoms with E-state index in [-0.39, 0.29) is 6.10 Å². The fourth-order valence-electron chi connectivity index (χ4n) is 4.40. The second kappa shape index (κ2) is 12.2. The van der Waals surface area contributed by atoms with Gasteiger partial charge in [0.1, 0.15) is 17.2 Å². The van der Waals surface area contributed by atoms with E-state index in [1.807, 2.05) is 56.3 Å². The molecule has 0 unspecified atom stereocenters. The predicted octanol–water partition coefficient (Wildman–Crippen LogP) is 8.28. The minimum absolute atomic E-state index is 0.120. The Morgan fingerprint density at radius 3 is 2.30 bits per heavy atom. The van der Waals surface area contributed by atoms with Crippen LogP contribution < -0.4 is 14.2 Å². The molecule has 1 saturated heterocycles. The summed E-state index contributed by atoms with van der Waals surface area (Å²) in [6.07, 6.45) is 2.73. The lowest BCUT2D eigenvalue weighted by atomic mass is 10.1. The molecule has 0 saturated carbocycles. The van der Waals surface area contributed by atoms with Gasteiger partial charge in [-0.05, 0) is 112 Å². The lowest BCUT2D eigenvalue weighted by Crippen LogP contribution is -2.23. The van der Waals surface area contributed by atoms with Gasteiger partial charge in [-0.3, -0.25) is 0 Å². The van der Waals surface area contributed by atoms with E-state index in [1.54, 1.807) is 18.4 Å². The second-order valence-corrected chi connectivity index (χ2v) is 11.3. The molecule has 3 aromatic carbocycles. The Morgan fingerprint density at radius 2 is 1.59 bits per heavy atom. The Bertz CT molecular complexity index is 1300. The highest BCUT2D eigenvalue weighted by molar-refractivity contribution is 7.94. The first-order valence-electron chi connectivity index (χ1n) is 12.8. The minimum Gasteiger partial charge on any atom is -0.497 e. The van der Waals surface area contributed by atoms with E-state index in [2.05, 4.69) is 29.2 Å². The second-order valence-electron chi connectivity index (χ2n) is 9.34. The van der Waals surface area contributed by atoms with E-state index in [4.69, 9.17) is 18.4 Å². The third-order valence-electron chi connectivity index (χ3n) is 6.23. The van der Waals surface area contributed by atoms with Gasteiger partial charge in [-0.1, -0.05) is 0 Å². The molecule has 0 aliphatic carbocycles. The molecule has 1 fully saturated rings. The Labute approximate surface area is 227 Å². The monoisotopic (exact) mass is 535 g/mol. The number of benzene rings is 3. The third kappa shape index (κ3) is 6.60. The number of methoxy groups -OCH3 is 1. The molecule has 7 heteroatoms. The van der Waals surface area contributed by atoms with Gasteiger partial charge in [0.15, 0.2) is 5.75 Å². The molecule has 0 radical (unpaired) electrons. The number of fused-ring (bicyclic) bond motifs is 1. The fraction of sp³-hybridized carbons (Fsp3) is 0.333. The number of likely N-dealkylation sites (tertiary alicyclic amines) is 1. The van der Waals surface area contributed by atoms with Crippen LogP contribution in [-0.4, -0.2) is 44.4 Å². The zero-order chi connectivity index (χ0) is 25.6. The van der Waals surface area contributed by atoms with Crippen molar-refractivity contribution in [3.8, 4) is 33.4 Å². The van der Waals surface area contributed by atoms with Crippen molar-refractivity contribution in [1.29, 1.82) is 0 Å². The summed E-state index contributed by atoms with van der Waals surface area (Å²) in [6, 6.07) is 22.4. The molecular weight excluding hydrogens is 502 g/mol. The summed E-state index contributed by atoms with van der Waals surface area (Å²) in [5.74, 6) is 3.33. The van der Waals surface area contributed by atoms with Crippen LogP contribution in [0.2, 0.25) is 0 Å². The van der Waals surface area contributed by atoms with Crippen LogP contribution in [0.3, 0.4) is 0 Å². The van der Waals surface area contributed by atoms with Crippen LogP contribution in [0.5, 0.6) is 23.0 Å². The summed E-state index contributed by atoms with van der Waals surface area (Å²) in [7, 11) is 1.68. The van der Waals surface area contributed by atoms with Gasteiger partial charge in [-0.15, -0.1) is 11.3 Å². The van der Waals surface area contributed by atoms with Gasteiger partial charge in [0.25, 0.3) is 0 Å². The van der Waals surface area contributed by atoms with Crippen LogP contribution in [0.15, 0.2) is 71.6 Å².